The third-order valence-electron chi connectivity index (χ3n) is 10.3. The van der Waals surface area contributed by atoms with E-state index in [1.165, 1.54) is 21.5 Å². The molecule has 0 unspecified atom stereocenters. The van der Waals surface area contributed by atoms with Crippen LogP contribution >= 0.6 is 0 Å². The number of imidazole rings is 1. The molecule has 0 radical (unpaired) electrons. The SMILES string of the molecule is c1ccc(-c2cc(-c3ccccc3)nc(-c3cccc(-n4c5ccccc5c5c4ccc4c6ccccc6c6nc7ccccc7n6c45)c3)n2)cc1. The predicted octanol–water partition coefficient (Wildman–Crippen LogP) is 11.7. The van der Waals surface area contributed by atoms with E-state index in [1.54, 1.807) is 0 Å². The number of rotatable bonds is 4. The lowest BCUT2D eigenvalue weighted by molar-refractivity contribution is 1.16. The summed E-state index contributed by atoms with van der Waals surface area (Å²) in [5, 5.41) is 5.94. The Balaban J connectivity index is 1.20. The van der Waals surface area contributed by atoms with Crippen molar-refractivity contribution in [2.24, 2.45) is 0 Å². The molecular weight excluding hydrogens is 635 g/mol. The number of aromatic nitrogens is 5. The van der Waals surface area contributed by atoms with Crippen molar-refractivity contribution in [2.45, 2.75) is 0 Å². The van der Waals surface area contributed by atoms with Gasteiger partial charge in [0.15, 0.2) is 5.82 Å². The molecule has 0 saturated carbocycles. The van der Waals surface area contributed by atoms with Crippen molar-refractivity contribution in [2.75, 3.05) is 0 Å². The van der Waals surface area contributed by atoms with E-state index in [0.29, 0.717) is 5.82 Å². The third-order valence-corrected chi connectivity index (χ3v) is 10.3. The maximum atomic E-state index is 5.19. The number of nitrogens with zero attached hydrogens (tertiary/aromatic N) is 5. The van der Waals surface area contributed by atoms with Crippen molar-refractivity contribution in [3.05, 3.63) is 176 Å². The summed E-state index contributed by atoms with van der Waals surface area (Å²) in [7, 11) is 0. The Morgan fingerprint density at radius 3 is 1.75 bits per heavy atom. The Bertz CT molecular complexity index is 3120. The van der Waals surface area contributed by atoms with Crippen LogP contribution in [0.1, 0.15) is 0 Å². The minimum absolute atomic E-state index is 0.686. The van der Waals surface area contributed by atoms with Gasteiger partial charge in [-0.2, -0.15) is 0 Å². The van der Waals surface area contributed by atoms with E-state index in [9.17, 15) is 0 Å². The van der Waals surface area contributed by atoms with Crippen molar-refractivity contribution in [1.82, 2.24) is 23.9 Å². The van der Waals surface area contributed by atoms with Gasteiger partial charge >= 0.3 is 0 Å². The van der Waals surface area contributed by atoms with Gasteiger partial charge in [0.25, 0.3) is 0 Å². The molecule has 4 heterocycles. The zero-order valence-corrected chi connectivity index (χ0v) is 28.0. The maximum Gasteiger partial charge on any atom is 0.160 e. The topological polar surface area (TPSA) is 48.0 Å². The molecule has 0 spiro atoms. The molecule has 0 aliphatic heterocycles. The van der Waals surface area contributed by atoms with Crippen LogP contribution in [0.5, 0.6) is 0 Å². The average Bonchev–Trinajstić information content (AvgIpc) is 3.78. The van der Waals surface area contributed by atoms with Crippen LogP contribution in [0.3, 0.4) is 0 Å². The first-order chi connectivity index (χ1) is 25.8. The predicted molar refractivity (Wildman–Crippen MR) is 214 cm³/mol. The molecule has 0 atom stereocenters. The first kappa shape index (κ1) is 28.7. The van der Waals surface area contributed by atoms with E-state index < -0.39 is 0 Å². The van der Waals surface area contributed by atoms with Crippen LogP contribution in [0.15, 0.2) is 176 Å². The molecule has 4 aromatic heterocycles. The van der Waals surface area contributed by atoms with Gasteiger partial charge in [0.05, 0.1) is 39.0 Å². The lowest BCUT2D eigenvalue weighted by atomic mass is 10.0. The Morgan fingerprint density at radius 1 is 0.385 bits per heavy atom. The smallest absolute Gasteiger partial charge is 0.160 e. The molecule has 11 aromatic rings. The van der Waals surface area contributed by atoms with Gasteiger partial charge in [-0.1, -0.05) is 133 Å². The molecule has 0 amide bonds. The Hall–Kier alpha value is -7.11. The first-order valence-corrected chi connectivity index (χ1v) is 17.5. The van der Waals surface area contributed by atoms with Crippen molar-refractivity contribution in [3.63, 3.8) is 0 Å². The summed E-state index contributed by atoms with van der Waals surface area (Å²) in [5.74, 6) is 0.686. The fourth-order valence-electron chi connectivity index (χ4n) is 7.99. The van der Waals surface area contributed by atoms with Gasteiger partial charge in [-0.3, -0.25) is 4.40 Å². The summed E-state index contributed by atoms with van der Waals surface area (Å²) >= 11 is 0. The minimum atomic E-state index is 0.686. The Labute approximate surface area is 298 Å². The molecule has 5 heteroatoms. The van der Waals surface area contributed by atoms with Crippen LogP contribution in [0, 0.1) is 0 Å². The van der Waals surface area contributed by atoms with Crippen LogP contribution in [0.25, 0.3) is 99.8 Å². The lowest BCUT2D eigenvalue weighted by Gasteiger charge is -2.13. The standard InChI is InChI=1S/C47H29N5/c1-3-14-30(15-4-1)39-29-40(31-16-5-2-6-17-31)49-46(48-39)32-18-13-19-33(28-32)51-41-24-11-9-22-37(41)44-43(51)27-26-35-34-20-7-8-21-36(34)47-50-38-23-10-12-25-42(38)52(47)45(35)44/h1-29H. The van der Waals surface area contributed by atoms with Gasteiger partial charge in [0.2, 0.25) is 0 Å². The van der Waals surface area contributed by atoms with E-state index in [2.05, 4.69) is 173 Å². The largest absolute Gasteiger partial charge is 0.309 e. The van der Waals surface area contributed by atoms with Crippen LogP contribution in [-0.4, -0.2) is 23.9 Å². The number of hydrogen-bond donors (Lipinski definition) is 0. The highest BCUT2D eigenvalue weighted by Crippen LogP contribution is 2.41. The van der Waals surface area contributed by atoms with Gasteiger partial charge < -0.3 is 4.57 Å². The zero-order valence-electron chi connectivity index (χ0n) is 28.0. The summed E-state index contributed by atoms with van der Waals surface area (Å²) in [4.78, 5) is 15.5. The highest BCUT2D eigenvalue weighted by molar-refractivity contribution is 6.26. The summed E-state index contributed by atoms with van der Waals surface area (Å²) in [5.41, 5.74) is 12.4. The molecule has 0 aliphatic carbocycles. The van der Waals surface area contributed by atoms with Gasteiger partial charge in [0, 0.05) is 43.9 Å². The van der Waals surface area contributed by atoms with Gasteiger partial charge in [-0.05, 0) is 47.9 Å². The minimum Gasteiger partial charge on any atom is -0.309 e. The molecule has 5 nitrogen and oxygen atoms in total. The van der Waals surface area contributed by atoms with E-state index >= 15 is 0 Å². The number of para-hydroxylation sites is 3. The van der Waals surface area contributed by atoms with Crippen molar-refractivity contribution >= 4 is 60.2 Å². The van der Waals surface area contributed by atoms with Crippen molar-refractivity contribution in [1.29, 1.82) is 0 Å². The number of hydrogen-bond acceptors (Lipinski definition) is 3. The van der Waals surface area contributed by atoms with E-state index in [0.717, 1.165) is 72.4 Å². The molecule has 242 valence electrons. The molecule has 11 rings (SSSR count). The Morgan fingerprint density at radius 2 is 1.00 bits per heavy atom. The number of pyridine rings is 1. The molecule has 7 aromatic carbocycles. The third kappa shape index (κ3) is 4.26. The zero-order chi connectivity index (χ0) is 34.2. The molecule has 0 fully saturated rings. The quantitative estimate of drug-likeness (QED) is 0.176. The van der Waals surface area contributed by atoms with Crippen LogP contribution < -0.4 is 0 Å². The number of fused-ring (bicyclic) bond motifs is 12. The molecule has 0 aliphatic rings. The summed E-state index contributed by atoms with van der Waals surface area (Å²) in [6, 6.07) is 61.8. The monoisotopic (exact) mass is 663 g/mol. The fraction of sp³-hybridized carbons (Fsp3) is 0. The molecule has 0 bridgehead atoms. The van der Waals surface area contributed by atoms with Crippen molar-refractivity contribution in [3.8, 4) is 39.6 Å². The second kappa shape index (κ2) is 11.2. The maximum absolute atomic E-state index is 5.19. The highest BCUT2D eigenvalue weighted by atomic mass is 15.0. The number of benzene rings is 7. The summed E-state index contributed by atoms with van der Waals surface area (Å²) in [6.07, 6.45) is 0. The second-order valence-electron chi connectivity index (χ2n) is 13.3. The second-order valence-corrected chi connectivity index (χ2v) is 13.3. The molecule has 52 heavy (non-hydrogen) atoms. The first-order valence-electron chi connectivity index (χ1n) is 17.5. The van der Waals surface area contributed by atoms with Gasteiger partial charge in [-0.15, -0.1) is 0 Å². The van der Waals surface area contributed by atoms with Gasteiger partial charge in [-0.25, -0.2) is 15.0 Å². The average molecular weight is 664 g/mol. The summed E-state index contributed by atoms with van der Waals surface area (Å²) in [6.45, 7) is 0. The Kier molecular flexibility index (Phi) is 6.18. The van der Waals surface area contributed by atoms with E-state index in [4.69, 9.17) is 15.0 Å². The molecule has 0 saturated heterocycles. The molecular formula is C47H29N5. The van der Waals surface area contributed by atoms with E-state index in [-0.39, 0.29) is 0 Å². The van der Waals surface area contributed by atoms with Crippen LogP contribution in [0.2, 0.25) is 0 Å². The summed E-state index contributed by atoms with van der Waals surface area (Å²) < 4.78 is 4.75. The van der Waals surface area contributed by atoms with Gasteiger partial charge in [0.1, 0.15) is 5.65 Å². The lowest BCUT2D eigenvalue weighted by Crippen LogP contribution is -1.98. The van der Waals surface area contributed by atoms with E-state index in [1.807, 2.05) is 12.1 Å². The fourth-order valence-corrected chi connectivity index (χ4v) is 7.99. The van der Waals surface area contributed by atoms with Crippen molar-refractivity contribution < 1.29 is 0 Å². The van der Waals surface area contributed by atoms with Crippen LogP contribution in [0.4, 0.5) is 0 Å². The van der Waals surface area contributed by atoms with Crippen LogP contribution in [-0.2, 0) is 0 Å². The molecule has 0 N–H and O–H groups in total. The highest BCUT2D eigenvalue weighted by Gasteiger charge is 2.21. The normalized spacial score (nSPS) is 11.8.